The van der Waals surface area contributed by atoms with Crippen LogP contribution in [0, 0.1) is 0 Å². The van der Waals surface area contributed by atoms with E-state index in [1.165, 1.54) is 23.1 Å². The molecule has 3 heterocycles. The smallest absolute Gasteiger partial charge is 0.276 e. The molecule has 0 atom stereocenters. The van der Waals surface area contributed by atoms with Crippen molar-refractivity contribution in [1.82, 2.24) is 19.7 Å². The van der Waals surface area contributed by atoms with Crippen LogP contribution in [0.2, 0.25) is 5.02 Å². The van der Waals surface area contributed by atoms with Gasteiger partial charge in [-0.2, -0.15) is 4.98 Å². The minimum Gasteiger partial charge on any atom is -0.338 e. The van der Waals surface area contributed by atoms with Gasteiger partial charge in [-0.25, -0.2) is 4.98 Å². The highest BCUT2D eigenvalue weighted by atomic mass is 35.5. The summed E-state index contributed by atoms with van der Waals surface area (Å²) in [6.07, 6.45) is 0. The number of hydrogen-bond donors (Lipinski definition) is 0. The van der Waals surface area contributed by atoms with E-state index in [2.05, 4.69) is 10.1 Å². The zero-order valence-corrected chi connectivity index (χ0v) is 17.7. The Labute approximate surface area is 184 Å². The van der Waals surface area contributed by atoms with E-state index in [1.807, 2.05) is 60.0 Å². The van der Waals surface area contributed by atoms with Gasteiger partial charge in [-0.1, -0.05) is 58.9 Å². The molecule has 0 saturated carbocycles. The topological polar surface area (TPSA) is 73.8 Å². The standard InChI is InChI=1S/C21H13ClN4O2S2/c22-15-9-5-4-8-14(15)19-24-17(28-25-19)12-30-21-23-16-10-11-29-18(16)20(27)26(21)13-6-2-1-3-7-13/h1-11H,12H2. The summed E-state index contributed by atoms with van der Waals surface area (Å²) in [7, 11) is 0. The van der Waals surface area contributed by atoms with Crippen molar-refractivity contribution in [1.29, 1.82) is 0 Å². The first-order valence-corrected chi connectivity index (χ1v) is 11.2. The van der Waals surface area contributed by atoms with Crippen LogP contribution in [0.3, 0.4) is 0 Å². The molecule has 0 spiro atoms. The molecule has 0 fully saturated rings. The largest absolute Gasteiger partial charge is 0.338 e. The normalized spacial score (nSPS) is 11.2. The number of thioether (sulfide) groups is 1. The third-order valence-electron chi connectivity index (χ3n) is 4.37. The highest BCUT2D eigenvalue weighted by molar-refractivity contribution is 7.98. The third-order valence-corrected chi connectivity index (χ3v) is 6.52. The highest BCUT2D eigenvalue weighted by Crippen LogP contribution is 2.28. The quantitative estimate of drug-likeness (QED) is 0.261. The molecule has 5 rings (SSSR count). The molecule has 0 aliphatic heterocycles. The van der Waals surface area contributed by atoms with Crippen LogP contribution in [0.15, 0.2) is 80.5 Å². The molecule has 30 heavy (non-hydrogen) atoms. The predicted octanol–water partition coefficient (Wildman–Crippen LogP) is 5.44. The minimum absolute atomic E-state index is 0.0917. The van der Waals surface area contributed by atoms with Crippen molar-refractivity contribution in [3.63, 3.8) is 0 Å². The van der Waals surface area contributed by atoms with E-state index in [1.54, 1.807) is 10.6 Å². The molecule has 148 valence electrons. The number of para-hydroxylation sites is 1. The summed E-state index contributed by atoms with van der Waals surface area (Å²) in [4.78, 5) is 22.2. The number of benzene rings is 2. The number of halogens is 1. The van der Waals surface area contributed by atoms with Crippen LogP contribution in [0.1, 0.15) is 5.89 Å². The molecule has 0 N–H and O–H groups in total. The van der Waals surface area contributed by atoms with Gasteiger partial charge < -0.3 is 4.52 Å². The lowest BCUT2D eigenvalue weighted by molar-refractivity contribution is 0.391. The van der Waals surface area contributed by atoms with Crippen molar-refractivity contribution in [3.05, 3.63) is 87.3 Å². The second-order valence-electron chi connectivity index (χ2n) is 6.29. The fourth-order valence-corrected chi connectivity index (χ4v) is 4.82. The van der Waals surface area contributed by atoms with Crippen LogP contribution < -0.4 is 5.56 Å². The van der Waals surface area contributed by atoms with Crippen LogP contribution in [0.5, 0.6) is 0 Å². The van der Waals surface area contributed by atoms with Crippen LogP contribution in [0.25, 0.3) is 27.3 Å². The lowest BCUT2D eigenvalue weighted by atomic mass is 10.2. The van der Waals surface area contributed by atoms with Gasteiger partial charge >= 0.3 is 0 Å². The molecule has 0 saturated heterocycles. The average Bonchev–Trinajstić information content (AvgIpc) is 3.43. The Morgan fingerprint density at radius 1 is 1.03 bits per heavy atom. The summed E-state index contributed by atoms with van der Waals surface area (Å²) in [5.41, 5.74) is 2.06. The van der Waals surface area contributed by atoms with Crippen molar-refractivity contribution in [2.24, 2.45) is 0 Å². The van der Waals surface area contributed by atoms with Crippen LogP contribution in [-0.4, -0.2) is 19.7 Å². The van der Waals surface area contributed by atoms with E-state index in [4.69, 9.17) is 21.1 Å². The summed E-state index contributed by atoms with van der Waals surface area (Å²) < 4.78 is 7.64. The lowest BCUT2D eigenvalue weighted by Crippen LogP contribution is -2.20. The summed E-state index contributed by atoms with van der Waals surface area (Å²) in [5, 5.41) is 7.02. The monoisotopic (exact) mass is 452 g/mol. The molecular weight excluding hydrogens is 440 g/mol. The number of fused-ring (bicyclic) bond motifs is 1. The number of thiophene rings is 1. The second-order valence-corrected chi connectivity index (χ2v) is 8.55. The second kappa shape index (κ2) is 8.06. The first kappa shape index (κ1) is 19.0. The van der Waals surface area contributed by atoms with E-state index in [-0.39, 0.29) is 5.56 Å². The van der Waals surface area contributed by atoms with E-state index < -0.39 is 0 Å². The molecule has 0 aliphatic carbocycles. The van der Waals surface area contributed by atoms with E-state index in [0.717, 1.165) is 5.69 Å². The van der Waals surface area contributed by atoms with E-state index in [9.17, 15) is 4.79 Å². The van der Waals surface area contributed by atoms with Gasteiger partial charge in [-0.15, -0.1) is 11.3 Å². The Kier molecular flexibility index (Phi) is 5.12. The molecule has 5 aromatic rings. The van der Waals surface area contributed by atoms with Crippen LogP contribution in [0.4, 0.5) is 0 Å². The van der Waals surface area contributed by atoms with E-state index in [0.29, 0.717) is 43.4 Å². The minimum atomic E-state index is -0.0917. The average molecular weight is 453 g/mol. The maximum Gasteiger partial charge on any atom is 0.276 e. The van der Waals surface area contributed by atoms with Gasteiger partial charge in [0.2, 0.25) is 11.7 Å². The fraction of sp³-hybridized carbons (Fsp3) is 0.0476. The fourth-order valence-electron chi connectivity index (χ4n) is 2.99. The van der Waals surface area contributed by atoms with Crippen LogP contribution >= 0.6 is 34.7 Å². The summed E-state index contributed by atoms with van der Waals surface area (Å²) in [6.45, 7) is 0. The van der Waals surface area contributed by atoms with Gasteiger partial charge in [-0.05, 0) is 35.7 Å². The zero-order valence-electron chi connectivity index (χ0n) is 15.4. The lowest BCUT2D eigenvalue weighted by Gasteiger charge is -2.11. The Bertz CT molecular complexity index is 1400. The van der Waals surface area contributed by atoms with Gasteiger partial charge in [0, 0.05) is 5.56 Å². The Morgan fingerprint density at radius 2 is 1.83 bits per heavy atom. The third kappa shape index (κ3) is 3.54. The molecular formula is C21H13ClN4O2S2. The van der Waals surface area contributed by atoms with Gasteiger partial charge in [0.15, 0.2) is 5.16 Å². The van der Waals surface area contributed by atoms with Crippen molar-refractivity contribution >= 4 is 44.9 Å². The first-order chi connectivity index (χ1) is 14.7. The van der Waals surface area contributed by atoms with Gasteiger partial charge in [0.25, 0.3) is 5.56 Å². The number of aromatic nitrogens is 4. The molecule has 0 unspecified atom stereocenters. The van der Waals surface area contributed by atoms with Gasteiger partial charge in [-0.3, -0.25) is 9.36 Å². The summed E-state index contributed by atoms with van der Waals surface area (Å²) in [6, 6.07) is 18.6. The van der Waals surface area contributed by atoms with Crippen LogP contribution in [-0.2, 0) is 5.75 Å². The number of hydrogen-bond acceptors (Lipinski definition) is 7. The summed E-state index contributed by atoms with van der Waals surface area (Å²) in [5.74, 6) is 1.22. The first-order valence-electron chi connectivity index (χ1n) is 8.96. The molecule has 3 aromatic heterocycles. The zero-order chi connectivity index (χ0) is 20.5. The Balaban J connectivity index is 1.49. The number of nitrogens with zero attached hydrogens (tertiary/aromatic N) is 4. The van der Waals surface area contributed by atoms with Crippen molar-refractivity contribution in [2.45, 2.75) is 10.9 Å². The number of rotatable bonds is 5. The summed E-state index contributed by atoms with van der Waals surface area (Å²) >= 11 is 8.97. The molecule has 0 bridgehead atoms. The maximum atomic E-state index is 13.1. The molecule has 6 nitrogen and oxygen atoms in total. The highest BCUT2D eigenvalue weighted by Gasteiger charge is 2.17. The SMILES string of the molecule is O=c1c2sccc2nc(SCc2nc(-c3ccccc3Cl)no2)n1-c1ccccc1. The van der Waals surface area contributed by atoms with Crippen molar-refractivity contribution in [3.8, 4) is 17.1 Å². The molecule has 2 aromatic carbocycles. The molecule has 9 heteroatoms. The van der Waals surface area contributed by atoms with Crippen molar-refractivity contribution < 1.29 is 4.52 Å². The maximum absolute atomic E-state index is 13.1. The van der Waals surface area contributed by atoms with Gasteiger partial charge in [0.05, 0.1) is 22.0 Å². The van der Waals surface area contributed by atoms with E-state index >= 15 is 0 Å². The van der Waals surface area contributed by atoms with Crippen molar-refractivity contribution in [2.75, 3.05) is 0 Å². The molecule has 0 radical (unpaired) electrons. The Morgan fingerprint density at radius 3 is 2.67 bits per heavy atom. The molecule has 0 aliphatic rings. The molecule has 0 amide bonds. The van der Waals surface area contributed by atoms with Gasteiger partial charge in [0.1, 0.15) is 4.70 Å². The Hall–Kier alpha value is -2.94. The predicted molar refractivity (Wildman–Crippen MR) is 120 cm³/mol.